The maximum Gasteiger partial charge on any atom is 0.326 e. The molecule has 1 aliphatic rings. The van der Waals surface area contributed by atoms with E-state index in [1.807, 2.05) is 38.1 Å². The van der Waals surface area contributed by atoms with Gasteiger partial charge in [0.2, 0.25) is 0 Å². The van der Waals surface area contributed by atoms with Gasteiger partial charge in [0.05, 0.1) is 17.2 Å². The second-order valence-corrected chi connectivity index (χ2v) is 11.6. The molecule has 238 valence electrons. The summed E-state index contributed by atoms with van der Waals surface area (Å²) in [4.78, 5) is 15.8. The first-order valence-electron chi connectivity index (χ1n) is 14.6. The molecule has 0 bridgehead atoms. The molecule has 1 aliphatic heterocycles. The second-order valence-electron chi connectivity index (χ2n) is 11.2. The van der Waals surface area contributed by atoms with E-state index < -0.39 is 18.1 Å². The third-order valence-corrected chi connectivity index (χ3v) is 8.26. The first-order valence-corrected chi connectivity index (χ1v) is 15.0. The van der Waals surface area contributed by atoms with Crippen molar-refractivity contribution in [1.29, 1.82) is 5.26 Å². The molecule has 5 rings (SSSR count). The smallest absolute Gasteiger partial charge is 0.326 e. The van der Waals surface area contributed by atoms with Gasteiger partial charge in [0.15, 0.2) is 11.5 Å². The molecule has 0 aliphatic carbocycles. The quantitative estimate of drug-likeness (QED) is 0.175. The predicted octanol–water partition coefficient (Wildman–Crippen LogP) is 5.74. The minimum Gasteiger partial charge on any atom is -0.488 e. The largest absolute Gasteiger partial charge is 0.488 e. The van der Waals surface area contributed by atoms with Crippen LogP contribution in [0, 0.1) is 25.2 Å². The SMILES string of the molecule is Cc1c(COc2cc(OCc3cncc(C#N)c3)c(CNC(C)(CO)C(=O)O)cc2Cl)cccc1-c1ccc2c(c1C)OCCO2. The minimum atomic E-state index is -1.58. The molecule has 0 saturated heterocycles. The number of aromatic nitrogens is 1. The van der Waals surface area contributed by atoms with Crippen molar-refractivity contribution in [2.24, 2.45) is 0 Å². The van der Waals surface area contributed by atoms with Crippen molar-refractivity contribution in [2.45, 2.75) is 46.1 Å². The van der Waals surface area contributed by atoms with Gasteiger partial charge in [0, 0.05) is 41.7 Å². The minimum absolute atomic E-state index is 0.0330. The van der Waals surface area contributed by atoms with Gasteiger partial charge >= 0.3 is 5.97 Å². The highest BCUT2D eigenvalue weighted by molar-refractivity contribution is 6.32. The summed E-state index contributed by atoms with van der Waals surface area (Å²) in [6, 6.07) is 17.0. The van der Waals surface area contributed by atoms with E-state index in [1.54, 1.807) is 24.4 Å². The number of hydrogen-bond donors (Lipinski definition) is 3. The summed E-state index contributed by atoms with van der Waals surface area (Å²) < 4.78 is 24.0. The Kier molecular flexibility index (Phi) is 9.97. The number of ether oxygens (including phenoxy) is 4. The topological polar surface area (TPSA) is 143 Å². The lowest BCUT2D eigenvalue weighted by Gasteiger charge is -2.25. The van der Waals surface area contributed by atoms with Crippen molar-refractivity contribution in [2.75, 3.05) is 19.8 Å². The number of hydrogen-bond acceptors (Lipinski definition) is 9. The number of nitriles is 1. The predicted molar refractivity (Wildman–Crippen MR) is 171 cm³/mol. The number of nitrogens with zero attached hydrogens (tertiary/aromatic N) is 2. The summed E-state index contributed by atoms with van der Waals surface area (Å²) >= 11 is 6.68. The van der Waals surface area contributed by atoms with Gasteiger partial charge < -0.3 is 29.2 Å². The summed E-state index contributed by atoms with van der Waals surface area (Å²) in [6.45, 7) is 6.20. The van der Waals surface area contributed by atoms with Crippen molar-refractivity contribution in [3.63, 3.8) is 0 Å². The first-order chi connectivity index (χ1) is 22.1. The molecule has 46 heavy (non-hydrogen) atoms. The van der Waals surface area contributed by atoms with Gasteiger partial charge in [-0.3, -0.25) is 15.1 Å². The van der Waals surface area contributed by atoms with E-state index in [4.69, 9.17) is 30.5 Å². The maximum atomic E-state index is 11.7. The number of benzene rings is 3. The molecule has 10 nitrogen and oxygen atoms in total. The van der Waals surface area contributed by atoms with Crippen molar-refractivity contribution in [1.82, 2.24) is 10.3 Å². The first kappa shape index (κ1) is 32.6. The number of aliphatic hydroxyl groups is 1. The number of nitrogens with one attached hydrogen (secondary N) is 1. The lowest BCUT2D eigenvalue weighted by molar-refractivity contribution is -0.145. The van der Waals surface area contributed by atoms with E-state index in [-0.39, 0.29) is 19.8 Å². The van der Waals surface area contributed by atoms with Gasteiger partial charge in [-0.05, 0) is 61.2 Å². The Morgan fingerprint density at radius 2 is 1.78 bits per heavy atom. The number of fused-ring (bicyclic) bond motifs is 1. The fourth-order valence-corrected chi connectivity index (χ4v) is 5.31. The number of carboxylic acid groups (broad SMARTS) is 1. The number of carbonyl (C=O) groups is 1. The molecule has 1 unspecified atom stereocenters. The standard InChI is InChI=1S/C35H34ClN3O7/c1-21-25(5-4-6-27(21)28-7-8-30-33(22(28)2)44-10-9-43-30)19-46-32-13-31(45-18-24-11-23(14-37)15-38-16-24)26(12-29(32)36)17-39-35(3,20-40)34(41)42/h4-8,11-13,15-16,39-40H,9-10,17-20H2,1-3H3,(H,41,42). The zero-order chi connectivity index (χ0) is 32.8. The molecular formula is C35H34ClN3O7. The second kappa shape index (κ2) is 14.1. The highest BCUT2D eigenvalue weighted by Crippen LogP contribution is 2.41. The molecule has 0 radical (unpaired) electrons. The molecule has 1 aromatic heterocycles. The van der Waals surface area contributed by atoms with Gasteiger partial charge in [-0.25, -0.2) is 0 Å². The average molecular weight is 644 g/mol. The Balaban J connectivity index is 1.41. The highest BCUT2D eigenvalue weighted by Gasteiger charge is 2.32. The van der Waals surface area contributed by atoms with Crippen LogP contribution in [0.3, 0.4) is 0 Å². The monoisotopic (exact) mass is 643 g/mol. The number of aliphatic hydroxyl groups excluding tert-OH is 1. The van der Waals surface area contributed by atoms with Crippen molar-refractivity contribution < 1.29 is 34.0 Å². The Morgan fingerprint density at radius 3 is 2.54 bits per heavy atom. The van der Waals surface area contributed by atoms with Crippen LogP contribution in [0.15, 0.2) is 60.9 Å². The Bertz CT molecular complexity index is 1810. The van der Waals surface area contributed by atoms with E-state index in [1.165, 1.54) is 13.1 Å². The Labute approximate surface area is 272 Å². The summed E-state index contributed by atoms with van der Waals surface area (Å²) in [6.07, 6.45) is 3.05. The molecule has 0 saturated carbocycles. The number of aliphatic carboxylic acids is 1. The number of carboxylic acids is 1. The van der Waals surface area contributed by atoms with Crippen LogP contribution in [0.2, 0.25) is 5.02 Å². The zero-order valence-corrected chi connectivity index (χ0v) is 26.5. The van der Waals surface area contributed by atoms with Crippen LogP contribution in [0.25, 0.3) is 11.1 Å². The van der Waals surface area contributed by atoms with E-state index in [0.717, 1.165) is 39.3 Å². The molecule has 2 heterocycles. The van der Waals surface area contributed by atoms with Crippen LogP contribution in [-0.4, -0.2) is 46.5 Å². The third kappa shape index (κ3) is 7.02. The number of rotatable bonds is 12. The highest BCUT2D eigenvalue weighted by atomic mass is 35.5. The lowest BCUT2D eigenvalue weighted by atomic mass is 9.93. The van der Waals surface area contributed by atoms with Crippen molar-refractivity contribution in [3.05, 3.63) is 99.3 Å². The molecule has 0 fully saturated rings. The van der Waals surface area contributed by atoms with Gasteiger partial charge in [-0.1, -0.05) is 35.9 Å². The van der Waals surface area contributed by atoms with E-state index in [0.29, 0.717) is 46.4 Å². The van der Waals surface area contributed by atoms with Gasteiger partial charge in [0.25, 0.3) is 0 Å². The molecule has 1 atom stereocenters. The van der Waals surface area contributed by atoms with Gasteiger partial charge in [-0.15, -0.1) is 0 Å². The zero-order valence-electron chi connectivity index (χ0n) is 25.7. The van der Waals surface area contributed by atoms with Gasteiger partial charge in [-0.2, -0.15) is 5.26 Å². The van der Waals surface area contributed by atoms with E-state index in [2.05, 4.69) is 22.4 Å². The summed E-state index contributed by atoms with van der Waals surface area (Å²) in [5, 5.41) is 31.7. The fraction of sp³-hybridized carbons (Fsp3) is 0.286. The van der Waals surface area contributed by atoms with E-state index in [9.17, 15) is 20.3 Å². The Morgan fingerprint density at radius 1 is 1.02 bits per heavy atom. The average Bonchev–Trinajstić information content (AvgIpc) is 3.07. The van der Waals surface area contributed by atoms with Crippen LogP contribution < -0.4 is 24.3 Å². The van der Waals surface area contributed by atoms with Crippen LogP contribution in [-0.2, 0) is 24.6 Å². The van der Waals surface area contributed by atoms with Crippen LogP contribution >= 0.6 is 11.6 Å². The van der Waals surface area contributed by atoms with Crippen LogP contribution in [0.5, 0.6) is 23.0 Å². The lowest BCUT2D eigenvalue weighted by Crippen LogP contribution is -2.52. The summed E-state index contributed by atoms with van der Waals surface area (Å²) in [7, 11) is 0. The number of pyridine rings is 1. The molecule has 0 spiro atoms. The summed E-state index contributed by atoms with van der Waals surface area (Å²) in [5.74, 6) is 1.06. The molecular weight excluding hydrogens is 610 g/mol. The van der Waals surface area contributed by atoms with Gasteiger partial charge in [0.1, 0.15) is 49.5 Å². The third-order valence-electron chi connectivity index (χ3n) is 7.97. The Hall–Kier alpha value is -4.82. The number of halogens is 1. The fourth-order valence-electron chi connectivity index (χ4n) is 5.07. The normalized spacial score (nSPS) is 13.4. The molecule has 3 N–H and O–H groups in total. The van der Waals surface area contributed by atoms with Crippen LogP contribution in [0.1, 0.15) is 40.3 Å². The van der Waals surface area contributed by atoms with Crippen molar-refractivity contribution >= 4 is 17.6 Å². The molecule has 3 aromatic carbocycles. The van der Waals surface area contributed by atoms with E-state index >= 15 is 0 Å². The van der Waals surface area contributed by atoms with Crippen LogP contribution in [0.4, 0.5) is 0 Å². The maximum absolute atomic E-state index is 11.7. The molecule has 0 amide bonds. The van der Waals surface area contributed by atoms with Crippen molar-refractivity contribution in [3.8, 4) is 40.2 Å². The summed E-state index contributed by atoms with van der Waals surface area (Å²) in [5.41, 5.74) is 5.12. The molecule has 11 heteroatoms. The molecule has 4 aromatic rings.